The van der Waals surface area contributed by atoms with Gasteiger partial charge in [0.1, 0.15) is 29.5 Å². The summed E-state index contributed by atoms with van der Waals surface area (Å²) in [6.45, 7) is 7.42. The van der Waals surface area contributed by atoms with Crippen molar-refractivity contribution in [3.05, 3.63) is 141 Å². The van der Waals surface area contributed by atoms with E-state index in [9.17, 15) is 46.1 Å². The third kappa shape index (κ3) is 15.2. The van der Waals surface area contributed by atoms with Crippen LogP contribution in [0, 0.1) is 0 Å². The molecule has 0 spiro atoms. The molecule has 2 aromatic carbocycles. The highest BCUT2D eigenvalue weighted by molar-refractivity contribution is 9.10. The molecule has 6 aromatic heterocycles. The molecular formula is C55H60Br2F6N8O7Si. The number of ether oxygens (including phenoxy) is 3. The van der Waals surface area contributed by atoms with E-state index >= 15 is 0 Å². The Hall–Kier alpha value is -6.70. The number of pyridine rings is 4. The molecule has 0 saturated carbocycles. The molecule has 0 saturated heterocycles. The van der Waals surface area contributed by atoms with E-state index in [-0.39, 0.29) is 68.9 Å². The summed E-state index contributed by atoms with van der Waals surface area (Å²) < 4.78 is 104. The lowest BCUT2D eigenvalue weighted by molar-refractivity contribution is -0.138. The molecule has 2 amide bonds. The Kier molecular flexibility index (Phi) is 21.2. The molecule has 0 bridgehead atoms. The van der Waals surface area contributed by atoms with E-state index in [4.69, 9.17) is 14.2 Å². The number of alkyl halides is 6. The third-order valence-electron chi connectivity index (χ3n) is 11.9. The molecule has 15 nitrogen and oxygen atoms in total. The molecule has 0 aliphatic carbocycles. The van der Waals surface area contributed by atoms with Crippen molar-refractivity contribution in [1.82, 2.24) is 39.3 Å². The van der Waals surface area contributed by atoms with Gasteiger partial charge in [-0.2, -0.15) is 26.3 Å². The quantitative estimate of drug-likeness (QED) is 0.0535. The summed E-state index contributed by atoms with van der Waals surface area (Å²) in [6, 6.07) is 17.7. The average Bonchev–Trinajstić information content (AvgIpc) is 4.16. The minimum atomic E-state index is -4.75. The van der Waals surface area contributed by atoms with E-state index < -0.39 is 49.7 Å². The van der Waals surface area contributed by atoms with Gasteiger partial charge < -0.3 is 43.8 Å². The fraction of sp³-hybridized carbons (Fsp3) is 0.309. The minimum absolute atomic E-state index is 0. The van der Waals surface area contributed by atoms with Gasteiger partial charge in [0.15, 0.2) is 12.2 Å². The van der Waals surface area contributed by atoms with Crippen molar-refractivity contribution in [3.63, 3.8) is 0 Å². The monoisotopic (exact) mass is 1240 g/mol. The first-order valence-electron chi connectivity index (χ1n) is 23.7. The second-order valence-electron chi connectivity index (χ2n) is 19.1. The topological polar surface area (TPSA) is 181 Å². The number of rotatable bonds is 14. The van der Waals surface area contributed by atoms with Crippen LogP contribution in [0.2, 0.25) is 25.7 Å². The molecule has 422 valence electrons. The average molecular weight is 1250 g/mol. The highest BCUT2D eigenvalue weighted by atomic mass is 79.9. The summed E-state index contributed by atoms with van der Waals surface area (Å²) in [5, 5.41) is 19.9. The summed E-state index contributed by atoms with van der Waals surface area (Å²) in [6.07, 6.45) is -1.05. The van der Waals surface area contributed by atoms with Crippen molar-refractivity contribution >= 4 is 73.8 Å². The number of nitrogens with zero attached hydrogens (tertiary/aromatic N) is 7. The predicted octanol–water partition coefficient (Wildman–Crippen LogP) is 12.8. The van der Waals surface area contributed by atoms with Crippen LogP contribution in [0.15, 0.2) is 119 Å². The molecule has 79 heavy (non-hydrogen) atoms. The number of para-hydroxylation sites is 2. The van der Waals surface area contributed by atoms with Crippen molar-refractivity contribution in [1.29, 1.82) is 0 Å². The first-order valence-corrected chi connectivity index (χ1v) is 29.0. The van der Waals surface area contributed by atoms with Gasteiger partial charge in [-0.15, -0.1) is 0 Å². The van der Waals surface area contributed by atoms with E-state index in [1.54, 1.807) is 85.7 Å². The second-order valence-corrected chi connectivity index (χ2v) is 26.5. The van der Waals surface area contributed by atoms with Gasteiger partial charge in [-0.25, -0.2) is 9.97 Å². The molecule has 24 heteroatoms. The van der Waals surface area contributed by atoms with Gasteiger partial charge >= 0.3 is 12.4 Å². The highest BCUT2D eigenvalue weighted by Crippen LogP contribution is 2.47. The fourth-order valence-electron chi connectivity index (χ4n) is 8.02. The van der Waals surface area contributed by atoms with Gasteiger partial charge in [0.25, 0.3) is 11.8 Å². The van der Waals surface area contributed by atoms with Crippen LogP contribution in [-0.4, -0.2) is 118 Å². The van der Waals surface area contributed by atoms with Crippen LogP contribution >= 0.6 is 31.9 Å². The maximum atomic E-state index is 14.5. The largest absolute Gasteiger partial charge is 0.496 e. The number of hydrogen-bond donors (Lipinski definition) is 3. The smallest absolute Gasteiger partial charge is 0.418 e. The van der Waals surface area contributed by atoms with Crippen LogP contribution in [0.25, 0.3) is 55.4 Å². The molecule has 0 fully saturated rings. The Balaban J connectivity index is 0.000000234. The number of aliphatic hydroxyl groups is 2. The molecule has 0 radical (unpaired) electrons. The zero-order valence-electron chi connectivity index (χ0n) is 43.8. The lowest BCUT2D eigenvalue weighted by atomic mass is 9.94. The number of H-pyrrole nitrogens is 1. The Morgan fingerprint density at radius 3 is 1.75 bits per heavy atom. The summed E-state index contributed by atoms with van der Waals surface area (Å²) in [4.78, 5) is 45.2. The number of nitrogens with one attached hydrogen (secondary N) is 1. The Labute approximate surface area is 470 Å². The summed E-state index contributed by atoms with van der Waals surface area (Å²) in [5.41, 5.74) is 0.729. The molecule has 2 unspecified atom stereocenters. The highest BCUT2D eigenvalue weighted by Gasteiger charge is 2.39. The zero-order valence-corrected chi connectivity index (χ0v) is 47.9. The van der Waals surface area contributed by atoms with Crippen molar-refractivity contribution in [2.24, 2.45) is 0 Å². The molecule has 8 rings (SSSR count). The number of carbonyl (C=O) groups excluding carboxylic acids is 2. The number of aromatic amines is 1. The van der Waals surface area contributed by atoms with Gasteiger partial charge in [-0.1, -0.05) is 63.5 Å². The number of methoxy groups -OCH3 is 2. The lowest BCUT2D eigenvalue weighted by Gasteiger charge is -2.18. The fourth-order valence-corrected chi connectivity index (χ4v) is 9.68. The van der Waals surface area contributed by atoms with E-state index in [1.165, 1.54) is 75.2 Å². The number of amides is 2. The minimum Gasteiger partial charge on any atom is -0.496 e. The normalized spacial score (nSPS) is 12.3. The summed E-state index contributed by atoms with van der Waals surface area (Å²) in [7, 11) is 7.79. The molecule has 0 aliphatic rings. The number of aliphatic hydroxyl groups excluding tert-OH is 2. The molecule has 3 N–H and O–H groups in total. The summed E-state index contributed by atoms with van der Waals surface area (Å²) >= 11 is 6.26. The number of fused-ring (bicyclic) bond motifs is 2. The van der Waals surface area contributed by atoms with Gasteiger partial charge in [0.2, 0.25) is 0 Å². The maximum Gasteiger partial charge on any atom is 0.418 e. The Bertz CT molecular complexity index is 3400. The number of aromatic nitrogens is 6. The SMILES string of the molecule is C.CN(C)C(=O)C(O)c1cncc(Br)c1.COc1ccccc1-c1c[nH]c2ncc(-c3cncc(C(O)C(=O)N(C)C)c3)c(C(F)(F)F)c12.COc1ccccc1-c1cn(COCC[Si](C)(C)C)c2ncc(Br)c(C(F)(F)F)c12. The van der Waals surface area contributed by atoms with Gasteiger partial charge in [-0.05, 0) is 62.2 Å². The summed E-state index contributed by atoms with van der Waals surface area (Å²) in [5.74, 6) is -0.0715. The molecule has 2 atom stereocenters. The number of likely N-dealkylation sites (N-methyl/N-ethyl adjacent to an activating group) is 2. The van der Waals surface area contributed by atoms with Crippen LogP contribution in [0.3, 0.4) is 0 Å². The van der Waals surface area contributed by atoms with Crippen molar-refractivity contribution in [2.75, 3.05) is 49.0 Å². The third-order valence-corrected chi connectivity index (χ3v) is 14.6. The second kappa shape index (κ2) is 26.5. The Morgan fingerprint density at radius 2 is 1.23 bits per heavy atom. The standard InChI is InChI=1S/C24H21F3N4O3.C21H24BrF3N2O2Si.C9H11BrN2O2.CH4/c1-31(2)23(33)21(32)14-8-13(9-28-10-14)16-11-29-22-19(20(16)24(25,26)27)17(12-30-22)15-6-4-5-7-18(15)34-3;1-28-17-8-6-5-7-14(17)15-12-27(13-29-9-10-30(2,3)4)20-18(15)19(21(23,24)25)16(22)11-26-20;1-12(2)9(14)8(13)6-3-7(10)5-11-4-6;/h4-12,21,32H,1-3H3,(H,29,30);5-8,11-12H,9-10,13H2,1-4H3;3-5,8,13H,1-2H3;1H4. The van der Waals surface area contributed by atoms with Crippen LogP contribution in [0.5, 0.6) is 11.5 Å². The van der Waals surface area contributed by atoms with Crippen LogP contribution in [0.4, 0.5) is 26.3 Å². The molecule has 6 heterocycles. The maximum absolute atomic E-state index is 14.5. The number of carbonyl (C=O) groups is 2. The van der Waals surface area contributed by atoms with Gasteiger partial charge in [0, 0.05) is 157 Å². The predicted molar refractivity (Wildman–Crippen MR) is 301 cm³/mol. The van der Waals surface area contributed by atoms with E-state index in [2.05, 4.69) is 76.4 Å². The van der Waals surface area contributed by atoms with Crippen molar-refractivity contribution in [2.45, 2.75) is 64.4 Å². The molecule has 0 aliphatic heterocycles. The van der Waals surface area contributed by atoms with E-state index in [0.717, 1.165) is 16.7 Å². The number of halogens is 8. The van der Waals surface area contributed by atoms with E-state index in [1.807, 2.05) is 0 Å². The molecule has 8 aromatic rings. The lowest BCUT2D eigenvalue weighted by Crippen LogP contribution is -2.28. The van der Waals surface area contributed by atoms with Crippen LogP contribution in [-0.2, 0) is 33.4 Å². The number of benzene rings is 2. The van der Waals surface area contributed by atoms with Crippen molar-refractivity contribution < 1.29 is 60.4 Å². The molecular weight excluding hydrogens is 1190 g/mol. The van der Waals surface area contributed by atoms with Crippen LogP contribution < -0.4 is 9.47 Å². The first-order chi connectivity index (χ1) is 36.7. The zero-order chi connectivity index (χ0) is 57.4. The first kappa shape index (κ1) is 63.1. The van der Waals surface area contributed by atoms with Crippen LogP contribution in [0.1, 0.15) is 41.9 Å². The number of hydrogen-bond acceptors (Lipinski definition) is 11. The van der Waals surface area contributed by atoms with Crippen molar-refractivity contribution in [3.8, 4) is 44.9 Å². The Morgan fingerprint density at radius 1 is 0.696 bits per heavy atom. The van der Waals surface area contributed by atoms with Gasteiger partial charge in [-0.3, -0.25) is 19.6 Å². The van der Waals surface area contributed by atoms with Gasteiger partial charge in [0.05, 0.1) is 25.3 Å². The van der Waals surface area contributed by atoms with E-state index in [0.29, 0.717) is 40.4 Å².